The number of carbonyl (C=O) groups excluding carboxylic acids is 2. The summed E-state index contributed by atoms with van der Waals surface area (Å²) in [6, 6.07) is 24.8. The third-order valence-corrected chi connectivity index (χ3v) is 9.68. The maximum atomic E-state index is 13.5. The molecule has 1 fully saturated rings. The van der Waals surface area contributed by atoms with Gasteiger partial charge in [-0.15, -0.1) is 0 Å². The smallest absolute Gasteiger partial charge is 0.239 e. The van der Waals surface area contributed by atoms with Crippen LogP contribution in [0.25, 0.3) is 10.8 Å². The molecule has 0 saturated carbocycles. The van der Waals surface area contributed by atoms with Gasteiger partial charge in [0.2, 0.25) is 11.8 Å². The summed E-state index contributed by atoms with van der Waals surface area (Å²) in [5.74, 6) is 0.0518. The van der Waals surface area contributed by atoms with E-state index >= 15 is 0 Å². The number of aliphatic hydroxyl groups is 1. The number of nitrogens with one attached hydrogen (secondary N) is 2. The van der Waals surface area contributed by atoms with Crippen LogP contribution in [-0.2, 0) is 22.4 Å². The molecule has 3 N–H and O–H groups in total. The van der Waals surface area contributed by atoms with E-state index in [2.05, 4.69) is 67.5 Å². The number of hydrogen-bond acceptors (Lipinski definition) is 5. The van der Waals surface area contributed by atoms with Gasteiger partial charge in [-0.1, -0.05) is 93.6 Å². The summed E-state index contributed by atoms with van der Waals surface area (Å²) in [6.45, 7) is 10.2. The first-order chi connectivity index (χ1) is 20.6. The van der Waals surface area contributed by atoms with Crippen LogP contribution in [0.2, 0.25) is 0 Å². The van der Waals surface area contributed by atoms with Crippen molar-refractivity contribution < 1.29 is 14.7 Å². The average Bonchev–Trinajstić information content (AvgIpc) is 3.37. The van der Waals surface area contributed by atoms with Crippen molar-refractivity contribution in [2.75, 3.05) is 25.4 Å². The summed E-state index contributed by atoms with van der Waals surface area (Å²) >= 11 is 1.77. The van der Waals surface area contributed by atoms with Crippen LogP contribution in [-0.4, -0.2) is 70.1 Å². The summed E-state index contributed by atoms with van der Waals surface area (Å²) in [5, 5.41) is 19.3. The van der Waals surface area contributed by atoms with Crippen molar-refractivity contribution in [3.63, 3.8) is 0 Å². The lowest BCUT2D eigenvalue weighted by atomic mass is 9.95. The molecule has 0 bridgehead atoms. The summed E-state index contributed by atoms with van der Waals surface area (Å²) in [7, 11) is 0. The molecule has 3 unspecified atom stereocenters. The van der Waals surface area contributed by atoms with Gasteiger partial charge in [0, 0.05) is 29.1 Å². The highest BCUT2D eigenvalue weighted by molar-refractivity contribution is 8.00. The molecule has 43 heavy (non-hydrogen) atoms. The minimum atomic E-state index is -0.538. The Hall–Kier alpha value is -2.87. The SMILES string of the molecule is CC1CCCN1CC(O)CC(Cc1ccccc1)NC(=O)CNC(=O)[C@@H](CSC(C)(C)C)Cc1cccc2ccccc12. The van der Waals surface area contributed by atoms with Crippen LogP contribution in [0.4, 0.5) is 0 Å². The highest BCUT2D eigenvalue weighted by atomic mass is 32.2. The Morgan fingerprint density at radius 1 is 1.00 bits per heavy atom. The highest BCUT2D eigenvalue weighted by Crippen LogP contribution is 2.29. The maximum Gasteiger partial charge on any atom is 0.239 e. The Morgan fingerprint density at radius 2 is 1.72 bits per heavy atom. The molecule has 0 spiro atoms. The number of likely N-dealkylation sites (tertiary alicyclic amines) is 1. The van der Waals surface area contributed by atoms with E-state index in [0.29, 0.717) is 37.6 Å². The molecule has 0 aliphatic carbocycles. The highest BCUT2D eigenvalue weighted by Gasteiger charge is 2.26. The van der Waals surface area contributed by atoms with Gasteiger partial charge in [-0.05, 0) is 67.5 Å². The second-order valence-corrected chi connectivity index (χ2v) is 14.9. The van der Waals surface area contributed by atoms with Crippen molar-refractivity contribution in [3.05, 3.63) is 83.9 Å². The van der Waals surface area contributed by atoms with E-state index in [0.717, 1.165) is 41.3 Å². The van der Waals surface area contributed by atoms with Crippen LogP contribution in [0.3, 0.4) is 0 Å². The number of β-amino-alcohol motifs (C(OH)–C–C–N with tert-alkyl or cyclic N) is 1. The van der Waals surface area contributed by atoms with Crippen LogP contribution in [0.15, 0.2) is 72.8 Å². The maximum absolute atomic E-state index is 13.5. The zero-order valence-electron chi connectivity index (χ0n) is 26.2. The van der Waals surface area contributed by atoms with E-state index in [-0.39, 0.29) is 35.1 Å². The van der Waals surface area contributed by atoms with Crippen molar-refractivity contribution in [2.45, 2.75) is 82.7 Å². The fraction of sp³-hybridized carbons (Fsp3) is 0.500. The van der Waals surface area contributed by atoms with E-state index in [1.165, 1.54) is 0 Å². The molecule has 1 heterocycles. The van der Waals surface area contributed by atoms with Crippen molar-refractivity contribution in [3.8, 4) is 0 Å². The molecule has 232 valence electrons. The van der Waals surface area contributed by atoms with Crippen molar-refractivity contribution in [2.24, 2.45) is 5.92 Å². The molecule has 2 amide bonds. The first kappa shape index (κ1) is 33.0. The van der Waals surface area contributed by atoms with Gasteiger partial charge in [-0.2, -0.15) is 11.8 Å². The number of hydrogen-bond donors (Lipinski definition) is 3. The van der Waals surface area contributed by atoms with Gasteiger partial charge in [0.05, 0.1) is 18.6 Å². The normalized spacial score (nSPS) is 17.8. The van der Waals surface area contributed by atoms with Crippen LogP contribution in [0.5, 0.6) is 0 Å². The largest absolute Gasteiger partial charge is 0.392 e. The zero-order chi connectivity index (χ0) is 30.8. The predicted octanol–water partition coefficient (Wildman–Crippen LogP) is 5.61. The Kier molecular flexibility index (Phi) is 12.1. The fourth-order valence-electron chi connectivity index (χ4n) is 5.93. The molecular weight excluding hydrogens is 554 g/mol. The second-order valence-electron chi connectivity index (χ2n) is 13.0. The number of aliphatic hydroxyl groups excluding tert-OH is 1. The quantitative estimate of drug-likeness (QED) is 0.223. The number of benzene rings is 3. The molecular formula is C36H49N3O3S. The van der Waals surface area contributed by atoms with E-state index < -0.39 is 6.10 Å². The van der Waals surface area contributed by atoms with Crippen molar-refractivity contribution in [1.82, 2.24) is 15.5 Å². The van der Waals surface area contributed by atoms with Gasteiger partial charge < -0.3 is 15.7 Å². The number of fused-ring (bicyclic) bond motifs is 1. The molecule has 3 aromatic rings. The topological polar surface area (TPSA) is 81.7 Å². The van der Waals surface area contributed by atoms with E-state index in [9.17, 15) is 14.7 Å². The molecule has 4 rings (SSSR count). The van der Waals surface area contributed by atoms with Crippen LogP contribution in [0, 0.1) is 5.92 Å². The summed E-state index contributed by atoms with van der Waals surface area (Å²) in [4.78, 5) is 29.0. The minimum absolute atomic E-state index is 0.0209. The van der Waals surface area contributed by atoms with Gasteiger partial charge in [0.15, 0.2) is 0 Å². The molecule has 0 radical (unpaired) electrons. The van der Waals surface area contributed by atoms with Crippen molar-refractivity contribution in [1.29, 1.82) is 0 Å². The number of amides is 2. The summed E-state index contributed by atoms with van der Waals surface area (Å²) in [6.07, 6.45) is 3.47. The Morgan fingerprint density at radius 3 is 2.44 bits per heavy atom. The summed E-state index contributed by atoms with van der Waals surface area (Å²) in [5.41, 5.74) is 2.24. The lowest BCUT2D eigenvalue weighted by molar-refractivity contribution is -0.128. The number of nitrogens with zero attached hydrogens (tertiary/aromatic N) is 1. The zero-order valence-corrected chi connectivity index (χ0v) is 27.0. The monoisotopic (exact) mass is 603 g/mol. The van der Waals surface area contributed by atoms with Crippen LogP contribution in [0.1, 0.15) is 58.1 Å². The lowest BCUT2D eigenvalue weighted by Gasteiger charge is -2.27. The molecule has 1 aliphatic rings. The Balaban J connectivity index is 1.39. The first-order valence-corrected chi connectivity index (χ1v) is 16.7. The van der Waals surface area contributed by atoms with E-state index in [1.54, 1.807) is 11.8 Å². The minimum Gasteiger partial charge on any atom is -0.392 e. The first-order valence-electron chi connectivity index (χ1n) is 15.7. The van der Waals surface area contributed by atoms with E-state index in [1.807, 2.05) is 48.5 Å². The van der Waals surface area contributed by atoms with Crippen LogP contribution >= 0.6 is 11.8 Å². The van der Waals surface area contributed by atoms with Gasteiger partial charge in [0.1, 0.15) is 0 Å². The molecule has 6 nitrogen and oxygen atoms in total. The third-order valence-electron chi connectivity index (χ3n) is 8.24. The van der Waals surface area contributed by atoms with Gasteiger partial charge >= 0.3 is 0 Å². The van der Waals surface area contributed by atoms with Gasteiger partial charge in [-0.3, -0.25) is 14.5 Å². The van der Waals surface area contributed by atoms with Gasteiger partial charge in [-0.25, -0.2) is 0 Å². The molecule has 3 aromatic carbocycles. The van der Waals surface area contributed by atoms with Crippen molar-refractivity contribution >= 4 is 34.3 Å². The second kappa shape index (κ2) is 15.7. The summed E-state index contributed by atoms with van der Waals surface area (Å²) < 4.78 is 0.0209. The number of rotatable bonds is 14. The molecule has 4 atom stereocenters. The third kappa shape index (κ3) is 10.7. The number of carbonyl (C=O) groups is 2. The molecule has 7 heteroatoms. The molecule has 0 aromatic heterocycles. The van der Waals surface area contributed by atoms with E-state index in [4.69, 9.17) is 0 Å². The predicted molar refractivity (Wildman–Crippen MR) is 179 cm³/mol. The standard InChI is InChI=1S/C36H49N3O3S/c1-26-12-11-19-39(26)24-32(40)22-31(20-27-13-6-5-7-14-27)38-34(41)23-37-35(42)30(25-43-36(2,3)4)21-29-17-10-16-28-15-8-9-18-33(28)29/h5-10,13-18,26,30-32,40H,11-12,19-25H2,1-4H3,(H,37,42)(H,38,41)/t26?,30-,31?,32?/m1/s1. The molecule has 1 saturated heterocycles. The average molecular weight is 604 g/mol. The Labute approximate surface area is 262 Å². The van der Waals surface area contributed by atoms with Gasteiger partial charge in [0.25, 0.3) is 0 Å². The Bertz CT molecular complexity index is 1320. The fourth-order valence-corrected chi connectivity index (χ4v) is 6.90. The van der Waals surface area contributed by atoms with Crippen LogP contribution < -0.4 is 10.6 Å². The lowest BCUT2D eigenvalue weighted by Crippen LogP contribution is -2.46. The molecule has 1 aliphatic heterocycles. The number of thioether (sulfide) groups is 1.